The molecule has 0 saturated carbocycles. The van der Waals surface area contributed by atoms with Crippen LogP contribution in [-0.2, 0) is 8.85 Å². The summed E-state index contributed by atoms with van der Waals surface area (Å²) in [6.45, 7) is 10.3. The molecule has 1 atom stereocenters. The molecule has 0 radical (unpaired) electrons. The molecule has 0 bridgehead atoms. The quantitative estimate of drug-likeness (QED) is 0.537. The van der Waals surface area contributed by atoms with Gasteiger partial charge in [-0.1, -0.05) is 39.5 Å². The molecule has 0 N–H and O–H groups in total. The predicted octanol–water partition coefficient (Wildman–Crippen LogP) is 3.50. The molecule has 1 unspecified atom stereocenters. The normalized spacial score (nSPS) is 13.4. The van der Waals surface area contributed by atoms with Crippen LogP contribution in [-0.4, -0.2) is 22.5 Å². The average Bonchev–Trinajstić information content (AvgIpc) is 2.24. The van der Waals surface area contributed by atoms with Crippen LogP contribution >= 0.6 is 0 Å². The van der Waals surface area contributed by atoms with Crippen LogP contribution in [0.2, 0.25) is 6.04 Å². The largest absolute Gasteiger partial charge is 0.397 e. The molecule has 0 aromatic carbocycles. The van der Waals surface area contributed by atoms with Gasteiger partial charge >= 0.3 is 9.28 Å². The van der Waals surface area contributed by atoms with Crippen LogP contribution in [0.4, 0.5) is 0 Å². The first-order chi connectivity index (χ1) is 7.28. The molecule has 2 nitrogen and oxygen atoms in total. The van der Waals surface area contributed by atoms with Crippen molar-refractivity contribution in [3.05, 3.63) is 0 Å². The first-order valence-corrected chi connectivity index (χ1v) is 8.27. The summed E-state index contributed by atoms with van der Waals surface area (Å²) in [5, 5.41) is 0. The highest BCUT2D eigenvalue weighted by atomic mass is 28.3. The first kappa shape index (κ1) is 15.1. The Morgan fingerprint density at radius 3 is 2.00 bits per heavy atom. The van der Waals surface area contributed by atoms with E-state index in [0.717, 1.165) is 19.1 Å². The molecule has 0 fully saturated rings. The van der Waals surface area contributed by atoms with E-state index in [-0.39, 0.29) is 0 Å². The Kier molecular flexibility index (Phi) is 10.7. The summed E-state index contributed by atoms with van der Waals surface area (Å²) in [4.78, 5) is 0. The van der Waals surface area contributed by atoms with Crippen LogP contribution in [0.5, 0.6) is 0 Å². The summed E-state index contributed by atoms with van der Waals surface area (Å²) in [5.41, 5.74) is 0. The Morgan fingerprint density at radius 2 is 1.60 bits per heavy atom. The van der Waals surface area contributed by atoms with Gasteiger partial charge in [-0.2, -0.15) is 0 Å². The van der Waals surface area contributed by atoms with Gasteiger partial charge in [-0.15, -0.1) is 0 Å². The van der Waals surface area contributed by atoms with Crippen molar-refractivity contribution in [1.82, 2.24) is 0 Å². The van der Waals surface area contributed by atoms with Gasteiger partial charge in [-0.3, -0.25) is 0 Å². The summed E-state index contributed by atoms with van der Waals surface area (Å²) in [7, 11) is -1.35. The van der Waals surface area contributed by atoms with Crippen LogP contribution in [0.25, 0.3) is 0 Å². The zero-order chi connectivity index (χ0) is 11.5. The Balaban J connectivity index is 3.85. The van der Waals surface area contributed by atoms with E-state index in [1.165, 1.54) is 31.7 Å². The Bertz CT molecular complexity index is 125. The van der Waals surface area contributed by atoms with Gasteiger partial charge in [-0.05, 0) is 25.8 Å². The van der Waals surface area contributed by atoms with Gasteiger partial charge in [0, 0.05) is 13.2 Å². The van der Waals surface area contributed by atoms with E-state index in [1.807, 2.05) is 0 Å². The van der Waals surface area contributed by atoms with Gasteiger partial charge in [-0.25, -0.2) is 0 Å². The lowest BCUT2D eigenvalue weighted by Gasteiger charge is -2.20. The van der Waals surface area contributed by atoms with E-state index in [2.05, 4.69) is 27.7 Å². The fourth-order valence-electron chi connectivity index (χ4n) is 1.81. The maximum absolute atomic E-state index is 5.71. The van der Waals surface area contributed by atoms with E-state index in [4.69, 9.17) is 8.85 Å². The smallest absolute Gasteiger partial charge is 0.321 e. The maximum Gasteiger partial charge on any atom is 0.321 e. The van der Waals surface area contributed by atoms with Crippen molar-refractivity contribution in [2.75, 3.05) is 13.2 Å². The highest BCUT2D eigenvalue weighted by Crippen LogP contribution is 2.19. The van der Waals surface area contributed by atoms with Gasteiger partial charge < -0.3 is 8.85 Å². The summed E-state index contributed by atoms with van der Waals surface area (Å²) in [6, 6.07) is 1.19. The molecule has 92 valence electrons. The van der Waals surface area contributed by atoms with Gasteiger partial charge in [0.1, 0.15) is 0 Å². The summed E-state index contributed by atoms with van der Waals surface area (Å²) in [5.74, 6) is 0.819. The Morgan fingerprint density at radius 1 is 1.00 bits per heavy atom. The number of rotatable bonds is 10. The van der Waals surface area contributed by atoms with Crippen LogP contribution in [0, 0.1) is 5.92 Å². The van der Waals surface area contributed by atoms with E-state index in [9.17, 15) is 0 Å². The van der Waals surface area contributed by atoms with Crippen molar-refractivity contribution >= 4 is 9.28 Å². The fraction of sp³-hybridized carbons (Fsp3) is 1.00. The minimum Gasteiger partial charge on any atom is -0.397 e. The molecule has 0 saturated heterocycles. The monoisotopic (exact) mass is 232 g/mol. The summed E-state index contributed by atoms with van der Waals surface area (Å²) in [6.07, 6.45) is 5.25. The second-order valence-electron chi connectivity index (χ2n) is 3.99. The molecule has 0 aromatic heterocycles. The first-order valence-electron chi connectivity index (χ1n) is 6.51. The third-order valence-corrected chi connectivity index (χ3v) is 5.24. The summed E-state index contributed by atoms with van der Waals surface area (Å²) >= 11 is 0. The molecular formula is C12H28O2Si. The highest BCUT2D eigenvalue weighted by Gasteiger charge is 2.18. The van der Waals surface area contributed by atoms with E-state index in [1.54, 1.807) is 0 Å². The molecular weight excluding hydrogens is 204 g/mol. The topological polar surface area (TPSA) is 18.5 Å². The van der Waals surface area contributed by atoms with Crippen LogP contribution in [0.3, 0.4) is 0 Å². The van der Waals surface area contributed by atoms with Crippen molar-refractivity contribution in [2.24, 2.45) is 5.92 Å². The van der Waals surface area contributed by atoms with E-state index < -0.39 is 9.28 Å². The highest BCUT2D eigenvalue weighted by molar-refractivity contribution is 6.44. The fourth-order valence-corrected chi connectivity index (χ4v) is 4.03. The van der Waals surface area contributed by atoms with Gasteiger partial charge in [0.2, 0.25) is 0 Å². The molecule has 0 aromatic rings. The Labute approximate surface area is 97.2 Å². The maximum atomic E-state index is 5.71. The lowest BCUT2D eigenvalue weighted by molar-refractivity contribution is 0.206. The molecule has 0 spiro atoms. The van der Waals surface area contributed by atoms with E-state index in [0.29, 0.717) is 0 Å². The number of hydrogen-bond acceptors (Lipinski definition) is 2. The van der Waals surface area contributed by atoms with Crippen molar-refractivity contribution in [2.45, 2.75) is 59.4 Å². The molecule has 0 aliphatic heterocycles. The van der Waals surface area contributed by atoms with Gasteiger partial charge in [0.15, 0.2) is 0 Å². The van der Waals surface area contributed by atoms with Crippen molar-refractivity contribution in [3.8, 4) is 0 Å². The lowest BCUT2D eigenvalue weighted by Crippen LogP contribution is -2.25. The predicted molar refractivity (Wildman–Crippen MR) is 68.5 cm³/mol. The number of unbranched alkanes of at least 4 members (excludes halogenated alkanes) is 1. The van der Waals surface area contributed by atoms with Crippen molar-refractivity contribution < 1.29 is 8.85 Å². The molecule has 0 amide bonds. The second-order valence-corrected chi connectivity index (χ2v) is 5.99. The van der Waals surface area contributed by atoms with E-state index >= 15 is 0 Å². The zero-order valence-corrected chi connectivity index (χ0v) is 12.1. The standard InChI is InChI=1S/C12H28O2Si/c1-5-9-10-12(6-2)11-15(13-7-3)14-8-4/h12,15H,5-11H2,1-4H3. The lowest BCUT2D eigenvalue weighted by atomic mass is 10.0. The average molecular weight is 232 g/mol. The third-order valence-electron chi connectivity index (χ3n) is 2.77. The van der Waals surface area contributed by atoms with Gasteiger partial charge in [0.25, 0.3) is 0 Å². The molecule has 15 heavy (non-hydrogen) atoms. The zero-order valence-electron chi connectivity index (χ0n) is 10.9. The minimum atomic E-state index is -1.35. The third kappa shape index (κ3) is 8.00. The van der Waals surface area contributed by atoms with Crippen molar-refractivity contribution in [3.63, 3.8) is 0 Å². The molecule has 3 heteroatoms. The number of hydrogen-bond donors (Lipinski definition) is 0. The molecule has 0 aliphatic carbocycles. The summed E-state index contributed by atoms with van der Waals surface area (Å²) < 4.78 is 11.4. The van der Waals surface area contributed by atoms with Crippen LogP contribution in [0.15, 0.2) is 0 Å². The minimum absolute atomic E-state index is 0.807. The van der Waals surface area contributed by atoms with Crippen LogP contribution < -0.4 is 0 Å². The molecule has 0 aliphatic rings. The van der Waals surface area contributed by atoms with Crippen LogP contribution in [0.1, 0.15) is 53.4 Å². The molecule has 0 heterocycles. The Hall–Kier alpha value is 0.137. The molecule has 0 rings (SSSR count). The SMILES string of the molecule is CCCCC(CC)C[SiH](OCC)OCC. The second kappa shape index (κ2) is 10.6. The van der Waals surface area contributed by atoms with Crippen molar-refractivity contribution in [1.29, 1.82) is 0 Å². The van der Waals surface area contributed by atoms with Gasteiger partial charge in [0.05, 0.1) is 0 Å².